The van der Waals surface area contributed by atoms with Gasteiger partial charge in [-0.3, -0.25) is 24.5 Å². The standard InChI is InChI=1S/C18H33N6O7P3/c25-32(26,16-8-5-11-20-22-16)30-34(29,31-33(27,28)17-9-6-12-21-23-17)15-7-4-10-19-18(15)24-13-2-1-3-14-24/h4,7,10,16-17,20-23H,1-3,5-6,8-9,11-14H2,(H,25,26)(H,27,28). The maximum atomic E-state index is 14.3. The summed E-state index contributed by atoms with van der Waals surface area (Å²) in [5.41, 5.74) is 11.0. The summed E-state index contributed by atoms with van der Waals surface area (Å²) >= 11 is 0. The summed E-state index contributed by atoms with van der Waals surface area (Å²) in [5.74, 6) is -1.85. The van der Waals surface area contributed by atoms with Crippen LogP contribution in [0.1, 0.15) is 44.9 Å². The summed E-state index contributed by atoms with van der Waals surface area (Å²) in [7, 11) is -14.1. The predicted octanol–water partition coefficient (Wildman–Crippen LogP) is 1.72. The summed E-state index contributed by atoms with van der Waals surface area (Å²) < 4.78 is 51.6. The first-order valence-electron chi connectivity index (χ1n) is 11.6. The van der Waals surface area contributed by atoms with E-state index in [0.717, 1.165) is 19.3 Å². The number of piperidine rings is 1. The highest BCUT2D eigenvalue weighted by Gasteiger charge is 2.50. The first-order valence-corrected chi connectivity index (χ1v) is 16.4. The zero-order valence-corrected chi connectivity index (χ0v) is 21.5. The molecule has 3 aliphatic heterocycles. The van der Waals surface area contributed by atoms with Crippen molar-refractivity contribution in [3.63, 3.8) is 0 Å². The van der Waals surface area contributed by atoms with Crippen molar-refractivity contribution < 1.29 is 32.1 Å². The number of hydrogen-bond donors (Lipinski definition) is 6. The van der Waals surface area contributed by atoms with E-state index in [1.165, 1.54) is 18.3 Å². The van der Waals surface area contributed by atoms with Crippen LogP contribution in [0.4, 0.5) is 5.82 Å². The van der Waals surface area contributed by atoms with Gasteiger partial charge in [0.1, 0.15) is 22.7 Å². The maximum absolute atomic E-state index is 14.3. The molecule has 13 nitrogen and oxygen atoms in total. The van der Waals surface area contributed by atoms with Crippen LogP contribution in [0.5, 0.6) is 0 Å². The van der Waals surface area contributed by atoms with Crippen molar-refractivity contribution in [1.82, 2.24) is 26.7 Å². The summed E-state index contributed by atoms with van der Waals surface area (Å²) in [4.78, 5) is 27.8. The van der Waals surface area contributed by atoms with Gasteiger partial charge in [-0.2, -0.15) is 0 Å². The van der Waals surface area contributed by atoms with Crippen LogP contribution in [0, 0.1) is 0 Å². The first-order chi connectivity index (χ1) is 16.2. The Morgan fingerprint density at radius 2 is 1.44 bits per heavy atom. The molecule has 16 heteroatoms. The number of hydrogen-bond acceptors (Lipinski definition) is 11. The Morgan fingerprint density at radius 1 is 0.882 bits per heavy atom. The fraction of sp³-hybridized carbons (Fsp3) is 0.722. The SMILES string of the molecule is O=P(OP(=O)(O)C1CCCNN1)(OP(=O)(O)C1CCCNN1)c1cccnc1N1CCCCC1. The van der Waals surface area contributed by atoms with E-state index in [-0.39, 0.29) is 24.0 Å². The molecule has 4 rings (SSSR count). The van der Waals surface area contributed by atoms with Crippen LogP contribution in [0.3, 0.4) is 0 Å². The largest absolute Gasteiger partial charge is 0.379 e. The molecule has 0 aliphatic carbocycles. The Morgan fingerprint density at radius 3 is 1.94 bits per heavy atom. The molecule has 192 valence electrons. The zero-order valence-electron chi connectivity index (χ0n) is 18.8. The minimum absolute atomic E-state index is 0.104. The fourth-order valence-corrected chi connectivity index (χ4v) is 11.0. The van der Waals surface area contributed by atoms with Gasteiger partial charge in [-0.05, 0) is 57.1 Å². The number of hydrazine groups is 2. The molecule has 0 bridgehead atoms. The second-order valence-electron chi connectivity index (χ2n) is 8.64. The normalized spacial score (nSPS) is 29.5. The van der Waals surface area contributed by atoms with E-state index in [9.17, 15) is 23.5 Å². The lowest BCUT2D eigenvalue weighted by Crippen LogP contribution is -2.46. The molecule has 3 fully saturated rings. The maximum Gasteiger partial charge on any atom is 0.379 e. The molecule has 1 aromatic rings. The lowest BCUT2D eigenvalue weighted by Gasteiger charge is -2.34. The average Bonchev–Trinajstić information content (AvgIpc) is 2.85. The van der Waals surface area contributed by atoms with Crippen molar-refractivity contribution in [2.45, 2.75) is 56.5 Å². The van der Waals surface area contributed by atoms with Gasteiger partial charge < -0.3 is 14.7 Å². The smallest absolute Gasteiger partial charge is 0.356 e. The molecule has 34 heavy (non-hydrogen) atoms. The van der Waals surface area contributed by atoms with Gasteiger partial charge in [-0.1, -0.05) is 0 Å². The number of pyridine rings is 1. The van der Waals surface area contributed by atoms with E-state index < -0.39 is 34.4 Å². The Kier molecular flexibility index (Phi) is 8.65. The fourth-order valence-electron chi connectivity index (χ4n) is 4.26. The third-order valence-corrected chi connectivity index (χ3v) is 12.9. The lowest BCUT2D eigenvalue weighted by atomic mass is 10.1. The molecule has 4 atom stereocenters. The average molecular weight is 538 g/mol. The zero-order chi connectivity index (χ0) is 24.2. The quantitative estimate of drug-likeness (QED) is 0.264. The van der Waals surface area contributed by atoms with Gasteiger partial charge in [-0.15, -0.1) is 0 Å². The molecule has 4 unspecified atom stereocenters. The van der Waals surface area contributed by atoms with E-state index in [1.54, 1.807) is 0 Å². The number of nitrogens with zero attached hydrogens (tertiary/aromatic N) is 2. The molecular formula is C18H33N6O7P3. The van der Waals surface area contributed by atoms with Crippen molar-refractivity contribution in [2.24, 2.45) is 0 Å². The summed E-state index contributed by atoms with van der Waals surface area (Å²) in [5, 5.41) is -0.104. The van der Waals surface area contributed by atoms with Crippen LogP contribution in [-0.2, 0) is 22.3 Å². The van der Waals surface area contributed by atoms with Gasteiger partial charge in [0, 0.05) is 32.4 Å². The number of anilines is 1. The van der Waals surface area contributed by atoms with Gasteiger partial charge >= 0.3 is 22.8 Å². The molecular weight excluding hydrogens is 505 g/mol. The predicted molar refractivity (Wildman–Crippen MR) is 128 cm³/mol. The van der Waals surface area contributed by atoms with Crippen LogP contribution in [0.25, 0.3) is 0 Å². The molecule has 3 saturated heterocycles. The van der Waals surface area contributed by atoms with Gasteiger partial charge in [0.2, 0.25) is 0 Å². The summed E-state index contributed by atoms with van der Waals surface area (Å²) in [6, 6.07) is 2.91. The molecule has 1 aromatic heterocycles. The Labute approximate surface area is 198 Å². The molecule has 0 aromatic carbocycles. The van der Waals surface area contributed by atoms with E-state index in [4.69, 9.17) is 8.62 Å². The molecule has 0 saturated carbocycles. The lowest BCUT2D eigenvalue weighted by molar-refractivity contribution is 0.279. The van der Waals surface area contributed by atoms with Crippen LogP contribution in [-0.4, -0.2) is 52.5 Å². The summed E-state index contributed by atoms with van der Waals surface area (Å²) in [6.07, 6.45) is 6.12. The molecule has 6 N–H and O–H groups in total. The number of aromatic nitrogens is 1. The van der Waals surface area contributed by atoms with Gasteiger partial charge in [0.15, 0.2) is 0 Å². The molecule has 3 aliphatic rings. The minimum atomic E-state index is -4.82. The first kappa shape index (κ1) is 26.4. The Hall–Kier alpha value is -0.680. The van der Waals surface area contributed by atoms with Crippen molar-refractivity contribution in [3.8, 4) is 0 Å². The van der Waals surface area contributed by atoms with E-state index >= 15 is 0 Å². The van der Waals surface area contributed by atoms with E-state index in [1.807, 2.05) is 4.90 Å². The molecule has 0 radical (unpaired) electrons. The van der Waals surface area contributed by atoms with Crippen LogP contribution >= 0.6 is 22.8 Å². The highest BCUT2D eigenvalue weighted by atomic mass is 31.3. The van der Waals surface area contributed by atoms with Crippen LogP contribution < -0.4 is 31.9 Å². The van der Waals surface area contributed by atoms with Crippen LogP contribution in [0.15, 0.2) is 18.3 Å². The van der Waals surface area contributed by atoms with Gasteiger partial charge in [-0.25, -0.2) is 24.5 Å². The van der Waals surface area contributed by atoms with Crippen molar-refractivity contribution in [2.75, 3.05) is 31.1 Å². The Balaban J connectivity index is 1.71. The van der Waals surface area contributed by atoms with Crippen molar-refractivity contribution >= 4 is 33.9 Å². The Bertz CT molecular complexity index is 939. The second kappa shape index (κ2) is 11.2. The minimum Gasteiger partial charge on any atom is -0.356 e. The third-order valence-electron chi connectivity index (χ3n) is 6.05. The molecule has 0 amide bonds. The van der Waals surface area contributed by atoms with Gasteiger partial charge in [0.25, 0.3) is 0 Å². The van der Waals surface area contributed by atoms with Crippen LogP contribution in [0.2, 0.25) is 0 Å². The second-order valence-corrected chi connectivity index (χ2v) is 14.9. The molecule has 0 spiro atoms. The van der Waals surface area contributed by atoms with Gasteiger partial charge in [0.05, 0.1) is 0 Å². The monoisotopic (exact) mass is 538 g/mol. The number of rotatable bonds is 8. The summed E-state index contributed by atoms with van der Waals surface area (Å²) in [6.45, 7) is 2.47. The highest BCUT2D eigenvalue weighted by molar-refractivity contribution is 7.77. The van der Waals surface area contributed by atoms with E-state index in [2.05, 4.69) is 26.7 Å². The van der Waals surface area contributed by atoms with Crippen molar-refractivity contribution in [1.29, 1.82) is 0 Å². The molecule has 4 heterocycles. The highest BCUT2D eigenvalue weighted by Crippen LogP contribution is 2.71. The third kappa shape index (κ3) is 6.17. The number of nitrogens with one attached hydrogen (secondary N) is 4. The van der Waals surface area contributed by atoms with E-state index in [0.29, 0.717) is 39.0 Å². The van der Waals surface area contributed by atoms with Crippen molar-refractivity contribution in [3.05, 3.63) is 18.3 Å². The topological polar surface area (TPSA) is 174 Å².